The first-order valence-electron chi connectivity index (χ1n) is 12.6. The van der Waals surface area contributed by atoms with E-state index in [0.29, 0.717) is 23.5 Å². The summed E-state index contributed by atoms with van der Waals surface area (Å²) in [5, 5.41) is 10.8. The molecular weight excluding hydrogens is 521 g/mol. The van der Waals surface area contributed by atoms with Crippen LogP contribution in [0, 0.1) is 6.92 Å². The van der Waals surface area contributed by atoms with Crippen molar-refractivity contribution in [3.05, 3.63) is 70.9 Å². The highest BCUT2D eigenvalue weighted by atomic mass is 31.2. The van der Waals surface area contributed by atoms with Gasteiger partial charge in [0.15, 0.2) is 5.82 Å². The summed E-state index contributed by atoms with van der Waals surface area (Å²) < 4.78 is 21.7. The van der Waals surface area contributed by atoms with E-state index in [1.165, 1.54) is 5.56 Å². The zero-order valence-electron chi connectivity index (χ0n) is 21.7. The number of pyridine rings is 2. The molecule has 4 aromatic rings. The SMILES string of the molecule is Cc1cc(OCCOCCP(=O)(O)O)ccc1CCc1cnc2c(N)nc3cc(CCC(=O)O)ccc3c2c1. The molecule has 11 heteroatoms. The van der Waals surface area contributed by atoms with E-state index < -0.39 is 13.6 Å². The van der Waals surface area contributed by atoms with Gasteiger partial charge in [-0.05, 0) is 72.7 Å². The standard InChI is InChI=1S/C28H32N3O7P/c1-18-14-22(38-11-10-37-12-13-39(34,35)36)7-6-21(18)5-2-20-15-24-23-8-3-19(4-9-26(32)33)16-25(23)31-28(29)27(24)30-17-20/h3,6-8,14-17H,2,4-5,9-13H2,1H3,(H2,29,31)(H,32,33)(H2,34,35,36). The number of ether oxygens (including phenoxy) is 2. The lowest BCUT2D eigenvalue weighted by Gasteiger charge is -2.12. The third-order valence-electron chi connectivity index (χ3n) is 6.43. The van der Waals surface area contributed by atoms with Gasteiger partial charge in [-0.15, -0.1) is 0 Å². The van der Waals surface area contributed by atoms with E-state index in [9.17, 15) is 9.36 Å². The molecule has 2 heterocycles. The van der Waals surface area contributed by atoms with Crippen LogP contribution >= 0.6 is 7.60 Å². The Balaban J connectivity index is 1.40. The number of fused-ring (bicyclic) bond motifs is 3. The van der Waals surface area contributed by atoms with E-state index >= 15 is 0 Å². The van der Waals surface area contributed by atoms with Gasteiger partial charge in [0.25, 0.3) is 0 Å². The number of carboxylic acid groups (broad SMARTS) is 1. The summed E-state index contributed by atoms with van der Waals surface area (Å²) in [5.74, 6) is 0.216. The molecule has 0 radical (unpaired) electrons. The van der Waals surface area contributed by atoms with E-state index in [4.69, 9.17) is 30.1 Å². The normalized spacial score (nSPS) is 11.8. The monoisotopic (exact) mass is 553 g/mol. The quantitative estimate of drug-likeness (QED) is 0.108. The fraction of sp³-hybridized carbons (Fsp3) is 0.321. The molecule has 0 aliphatic heterocycles. The highest BCUT2D eigenvalue weighted by molar-refractivity contribution is 7.51. The number of benzene rings is 2. The van der Waals surface area contributed by atoms with Crippen LogP contribution in [0.15, 0.2) is 48.7 Å². The molecule has 0 unspecified atom stereocenters. The lowest BCUT2D eigenvalue weighted by atomic mass is 9.99. The van der Waals surface area contributed by atoms with Crippen LogP contribution in [0.1, 0.15) is 28.7 Å². The number of nitrogens with zero attached hydrogens (tertiary/aromatic N) is 2. The number of carbonyl (C=O) groups is 1. The molecule has 0 aliphatic carbocycles. The Labute approximate surface area is 226 Å². The van der Waals surface area contributed by atoms with Crippen LogP contribution in [-0.2, 0) is 33.4 Å². The first-order valence-corrected chi connectivity index (χ1v) is 14.4. The van der Waals surface area contributed by atoms with Gasteiger partial charge in [-0.25, -0.2) is 4.98 Å². The Morgan fingerprint density at radius 1 is 0.974 bits per heavy atom. The third-order valence-corrected chi connectivity index (χ3v) is 7.19. The minimum Gasteiger partial charge on any atom is -0.491 e. The predicted octanol–water partition coefficient (Wildman–Crippen LogP) is 4.05. The first kappa shape index (κ1) is 28.4. The van der Waals surface area contributed by atoms with Crippen molar-refractivity contribution in [2.75, 3.05) is 31.7 Å². The summed E-state index contributed by atoms with van der Waals surface area (Å²) in [6, 6.07) is 13.8. The highest BCUT2D eigenvalue weighted by Gasteiger charge is 2.12. The molecule has 206 valence electrons. The molecule has 4 rings (SSSR count). The number of aryl methyl sites for hydroxylation is 4. The van der Waals surface area contributed by atoms with Gasteiger partial charge in [-0.3, -0.25) is 14.3 Å². The van der Waals surface area contributed by atoms with Crippen LogP contribution in [0.4, 0.5) is 5.82 Å². The molecule has 5 N–H and O–H groups in total. The maximum absolute atomic E-state index is 10.9. The number of nitrogen functional groups attached to an aromatic ring is 1. The molecule has 0 amide bonds. The zero-order valence-corrected chi connectivity index (χ0v) is 22.6. The maximum Gasteiger partial charge on any atom is 0.327 e. The predicted molar refractivity (Wildman–Crippen MR) is 149 cm³/mol. The Hall–Kier alpha value is -3.56. The lowest BCUT2D eigenvalue weighted by molar-refractivity contribution is -0.136. The van der Waals surface area contributed by atoms with Crippen molar-refractivity contribution in [3.63, 3.8) is 0 Å². The number of aromatic nitrogens is 2. The number of aliphatic carboxylic acids is 1. The van der Waals surface area contributed by atoms with Gasteiger partial charge < -0.3 is 30.1 Å². The second-order valence-electron chi connectivity index (χ2n) is 9.42. The van der Waals surface area contributed by atoms with Crippen molar-refractivity contribution in [2.24, 2.45) is 0 Å². The average Bonchev–Trinajstić information content (AvgIpc) is 2.88. The molecule has 0 saturated heterocycles. The third kappa shape index (κ3) is 7.97. The number of nitrogens with two attached hydrogens (primary N) is 1. The van der Waals surface area contributed by atoms with Crippen molar-refractivity contribution in [3.8, 4) is 5.75 Å². The second kappa shape index (κ2) is 12.5. The number of carboxylic acids is 1. The van der Waals surface area contributed by atoms with Gasteiger partial charge in [0.1, 0.15) is 17.9 Å². The Morgan fingerprint density at radius 2 is 1.79 bits per heavy atom. The van der Waals surface area contributed by atoms with Crippen LogP contribution < -0.4 is 10.5 Å². The molecule has 0 saturated carbocycles. The van der Waals surface area contributed by atoms with E-state index in [1.807, 2.05) is 49.5 Å². The van der Waals surface area contributed by atoms with Crippen LogP contribution in [0.3, 0.4) is 0 Å². The largest absolute Gasteiger partial charge is 0.491 e. The first-order chi connectivity index (χ1) is 18.6. The molecular formula is C28H32N3O7P. The zero-order chi connectivity index (χ0) is 28.0. The van der Waals surface area contributed by atoms with Crippen molar-refractivity contribution in [1.29, 1.82) is 0 Å². The molecule has 0 bridgehead atoms. The molecule has 0 spiro atoms. The highest BCUT2D eigenvalue weighted by Crippen LogP contribution is 2.33. The number of anilines is 1. The molecule has 0 atom stereocenters. The summed E-state index contributed by atoms with van der Waals surface area (Å²) in [6.07, 6.45) is 3.60. The second-order valence-corrected chi connectivity index (χ2v) is 11.2. The van der Waals surface area contributed by atoms with E-state index in [2.05, 4.69) is 16.0 Å². The fourth-order valence-electron chi connectivity index (χ4n) is 4.36. The molecule has 39 heavy (non-hydrogen) atoms. The Bertz CT molecular complexity index is 1540. The summed E-state index contributed by atoms with van der Waals surface area (Å²) in [6.45, 7) is 2.55. The molecule has 10 nitrogen and oxygen atoms in total. The van der Waals surface area contributed by atoms with Crippen LogP contribution in [0.2, 0.25) is 0 Å². The van der Waals surface area contributed by atoms with E-state index in [0.717, 1.165) is 45.8 Å². The number of rotatable bonds is 13. The average molecular weight is 554 g/mol. The summed E-state index contributed by atoms with van der Waals surface area (Å²) in [4.78, 5) is 37.7. The van der Waals surface area contributed by atoms with E-state index in [1.54, 1.807) is 0 Å². The van der Waals surface area contributed by atoms with Crippen molar-refractivity contribution < 1.29 is 33.7 Å². The van der Waals surface area contributed by atoms with Crippen LogP contribution in [-0.4, -0.2) is 56.8 Å². The summed E-state index contributed by atoms with van der Waals surface area (Å²) in [5.41, 5.74) is 11.8. The summed E-state index contributed by atoms with van der Waals surface area (Å²) in [7, 11) is -4.04. The van der Waals surface area contributed by atoms with Gasteiger partial charge in [0.2, 0.25) is 0 Å². The molecule has 2 aromatic heterocycles. The maximum atomic E-state index is 10.9. The van der Waals surface area contributed by atoms with Crippen LogP contribution in [0.5, 0.6) is 5.75 Å². The Kier molecular flexibility index (Phi) is 9.14. The summed E-state index contributed by atoms with van der Waals surface area (Å²) >= 11 is 0. The molecule has 0 aliphatic rings. The topological polar surface area (TPSA) is 165 Å². The Morgan fingerprint density at radius 3 is 2.54 bits per heavy atom. The van der Waals surface area contributed by atoms with Crippen LogP contribution in [0.25, 0.3) is 21.8 Å². The van der Waals surface area contributed by atoms with Gasteiger partial charge in [0.05, 0.1) is 24.9 Å². The van der Waals surface area contributed by atoms with Crippen molar-refractivity contribution in [1.82, 2.24) is 9.97 Å². The number of hydrogen-bond donors (Lipinski definition) is 4. The molecule has 0 fully saturated rings. The lowest BCUT2D eigenvalue weighted by Crippen LogP contribution is -2.09. The number of hydrogen-bond acceptors (Lipinski definition) is 7. The van der Waals surface area contributed by atoms with Gasteiger partial charge in [-0.2, -0.15) is 0 Å². The van der Waals surface area contributed by atoms with Gasteiger partial charge in [-0.1, -0.05) is 18.2 Å². The molecule has 2 aromatic carbocycles. The minimum atomic E-state index is -4.04. The van der Waals surface area contributed by atoms with Gasteiger partial charge in [0, 0.05) is 23.4 Å². The minimum absolute atomic E-state index is 0.0119. The van der Waals surface area contributed by atoms with Crippen molar-refractivity contribution in [2.45, 2.75) is 32.6 Å². The van der Waals surface area contributed by atoms with Crippen molar-refractivity contribution >= 4 is 41.2 Å². The van der Waals surface area contributed by atoms with E-state index in [-0.39, 0.29) is 32.4 Å². The fourth-order valence-corrected chi connectivity index (χ4v) is 4.73. The van der Waals surface area contributed by atoms with Gasteiger partial charge >= 0.3 is 13.6 Å². The smallest absolute Gasteiger partial charge is 0.327 e.